The largest absolute Gasteiger partial charge is 0.478 e. The molecule has 0 fully saturated rings. The first-order chi connectivity index (χ1) is 6.84. The molecule has 0 aliphatic heterocycles. The van der Waals surface area contributed by atoms with Gasteiger partial charge in [-0.05, 0) is 12.8 Å². The van der Waals surface area contributed by atoms with Crippen LogP contribution in [0.25, 0.3) is 0 Å². The van der Waals surface area contributed by atoms with E-state index in [0.717, 1.165) is 12.5 Å². The lowest BCUT2D eigenvalue weighted by molar-refractivity contribution is -0.133. The van der Waals surface area contributed by atoms with E-state index in [1.807, 2.05) is 13.8 Å². The molecule has 0 amide bonds. The van der Waals surface area contributed by atoms with Gasteiger partial charge < -0.3 is 10.2 Å². The Morgan fingerprint density at radius 2 is 1.80 bits per heavy atom. The summed E-state index contributed by atoms with van der Waals surface area (Å²) in [6.45, 7) is 8.62. The molecule has 0 heterocycles. The Morgan fingerprint density at radius 3 is 2.00 bits per heavy atom. The summed E-state index contributed by atoms with van der Waals surface area (Å²) < 4.78 is 0. The first-order valence-electron chi connectivity index (χ1n) is 4.62. The monoisotopic (exact) mass is 214 g/mol. The molecule has 0 radical (unpaired) electrons. The van der Waals surface area contributed by atoms with Gasteiger partial charge >= 0.3 is 11.9 Å². The Labute approximate surface area is 89.9 Å². The van der Waals surface area contributed by atoms with Crippen LogP contribution in [0.15, 0.2) is 24.3 Å². The van der Waals surface area contributed by atoms with Gasteiger partial charge in [0.25, 0.3) is 0 Å². The minimum atomic E-state index is -0.981. The topological polar surface area (TPSA) is 74.6 Å². The fourth-order valence-electron chi connectivity index (χ4n) is 0.616. The second kappa shape index (κ2) is 8.99. The third-order valence-electron chi connectivity index (χ3n) is 1.69. The quantitative estimate of drug-likeness (QED) is 0.704. The number of hydrogen-bond donors (Lipinski definition) is 2. The van der Waals surface area contributed by atoms with Gasteiger partial charge in [0.05, 0.1) is 0 Å². The summed E-state index contributed by atoms with van der Waals surface area (Å²) in [6, 6.07) is 0. The molecule has 0 aliphatic carbocycles. The van der Waals surface area contributed by atoms with Crippen molar-refractivity contribution in [2.24, 2.45) is 5.92 Å². The lowest BCUT2D eigenvalue weighted by Gasteiger charge is -2.00. The average Bonchev–Trinajstić information content (AvgIpc) is 2.18. The van der Waals surface area contributed by atoms with Crippen LogP contribution in [-0.2, 0) is 9.59 Å². The van der Waals surface area contributed by atoms with Crippen molar-refractivity contribution in [2.75, 3.05) is 0 Å². The standard InChI is InChI=1S/C8H14O2.C3H4O2/c1-4-6(2)5-7(3)8(9)10;1-2-3(4)5/h5-6H,4H2,1-3H3,(H,9,10);2H,1H2,(H,4,5)/b7-5+;. The lowest BCUT2D eigenvalue weighted by Crippen LogP contribution is -1.98. The van der Waals surface area contributed by atoms with E-state index in [1.54, 1.807) is 13.0 Å². The number of carbonyl (C=O) groups is 2. The van der Waals surface area contributed by atoms with Crippen LogP contribution in [0.4, 0.5) is 0 Å². The van der Waals surface area contributed by atoms with Gasteiger partial charge in [-0.2, -0.15) is 0 Å². The van der Waals surface area contributed by atoms with Crippen molar-refractivity contribution >= 4 is 11.9 Å². The predicted octanol–water partition coefficient (Wildman–Crippen LogP) is 2.32. The first kappa shape index (κ1) is 15.9. The van der Waals surface area contributed by atoms with Crippen molar-refractivity contribution in [1.82, 2.24) is 0 Å². The number of carboxylic acid groups (broad SMARTS) is 2. The molecule has 0 rings (SSSR count). The van der Waals surface area contributed by atoms with Gasteiger partial charge in [-0.15, -0.1) is 0 Å². The van der Waals surface area contributed by atoms with E-state index < -0.39 is 11.9 Å². The van der Waals surface area contributed by atoms with Gasteiger partial charge in [0, 0.05) is 11.6 Å². The zero-order valence-electron chi connectivity index (χ0n) is 9.36. The summed E-state index contributed by atoms with van der Waals surface area (Å²) >= 11 is 0. The minimum absolute atomic E-state index is 0.371. The lowest BCUT2D eigenvalue weighted by atomic mass is 10.1. The first-order valence-corrected chi connectivity index (χ1v) is 4.62. The van der Waals surface area contributed by atoms with Gasteiger partial charge in [0.15, 0.2) is 0 Å². The fourth-order valence-corrected chi connectivity index (χ4v) is 0.616. The molecule has 0 aromatic heterocycles. The van der Waals surface area contributed by atoms with E-state index >= 15 is 0 Å². The predicted molar refractivity (Wildman–Crippen MR) is 58.7 cm³/mol. The van der Waals surface area contributed by atoms with E-state index in [1.165, 1.54) is 0 Å². The van der Waals surface area contributed by atoms with Crippen molar-refractivity contribution in [3.8, 4) is 0 Å². The van der Waals surface area contributed by atoms with Crippen LogP contribution < -0.4 is 0 Å². The van der Waals surface area contributed by atoms with Crippen LogP contribution in [0.3, 0.4) is 0 Å². The highest BCUT2D eigenvalue weighted by atomic mass is 16.4. The molecule has 0 saturated carbocycles. The van der Waals surface area contributed by atoms with Gasteiger partial charge in [-0.3, -0.25) is 0 Å². The van der Waals surface area contributed by atoms with Crippen LogP contribution in [0.2, 0.25) is 0 Å². The highest BCUT2D eigenvalue weighted by Crippen LogP contribution is 2.06. The molecule has 86 valence electrons. The van der Waals surface area contributed by atoms with Crippen LogP contribution >= 0.6 is 0 Å². The molecule has 1 unspecified atom stereocenters. The van der Waals surface area contributed by atoms with Crippen molar-refractivity contribution < 1.29 is 19.8 Å². The number of aliphatic carboxylic acids is 2. The minimum Gasteiger partial charge on any atom is -0.478 e. The second-order valence-corrected chi connectivity index (χ2v) is 3.08. The SMILES string of the molecule is C=CC(=O)O.CCC(C)/C=C(\C)C(=O)O. The molecule has 4 nitrogen and oxygen atoms in total. The third kappa shape index (κ3) is 12.4. The highest BCUT2D eigenvalue weighted by Gasteiger charge is 2.01. The molecule has 0 saturated heterocycles. The van der Waals surface area contributed by atoms with Gasteiger partial charge in [-0.1, -0.05) is 32.9 Å². The van der Waals surface area contributed by atoms with Gasteiger partial charge in [0.1, 0.15) is 0 Å². The maximum atomic E-state index is 10.3. The molecule has 4 heteroatoms. The van der Waals surface area contributed by atoms with Crippen LogP contribution in [0.1, 0.15) is 27.2 Å². The maximum absolute atomic E-state index is 10.3. The summed E-state index contributed by atoms with van der Waals surface area (Å²) in [5.41, 5.74) is 0.439. The number of carboxylic acids is 2. The Bertz CT molecular complexity index is 253. The van der Waals surface area contributed by atoms with Crippen LogP contribution in [0, 0.1) is 5.92 Å². The number of allylic oxidation sites excluding steroid dienone is 1. The van der Waals surface area contributed by atoms with E-state index in [2.05, 4.69) is 6.58 Å². The average molecular weight is 214 g/mol. The Kier molecular flexibility index (Phi) is 9.52. The van der Waals surface area contributed by atoms with Gasteiger partial charge in [0.2, 0.25) is 0 Å². The molecule has 0 aromatic rings. The third-order valence-corrected chi connectivity index (χ3v) is 1.69. The van der Waals surface area contributed by atoms with Crippen LogP contribution in [0.5, 0.6) is 0 Å². The maximum Gasteiger partial charge on any atom is 0.330 e. The zero-order chi connectivity index (χ0) is 12.4. The normalized spacial score (nSPS) is 12.1. The fraction of sp³-hybridized carbons (Fsp3) is 0.455. The van der Waals surface area contributed by atoms with E-state index in [0.29, 0.717) is 11.5 Å². The molecule has 15 heavy (non-hydrogen) atoms. The van der Waals surface area contributed by atoms with E-state index in [-0.39, 0.29) is 0 Å². The van der Waals surface area contributed by atoms with Crippen molar-refractivity contribution in [3.63, 3.8) is 0 Å². The van der Waals surface area contributed by atoms with Crippen molar-refractivity contribution in [3.05, 3.63) is 24.3 Å². The smallest absolute Gasteiger partial charge is 0.330 e. The molecule has 2 N–H and O–H groups in total. The number of hydrogen-bond acceptors (Lipinski definition) is 2. The Balaban J connectivity index is 0. The molecule has 0 bridgehead atoms. The Hall–Kier alpha value is -1.58. The zero-order valence-corrected chi connectivity index (χ0v) is 9.36. The second-order valence-electron chi connectivity index (χ2n) is 3.08. The summed E-state index contributed by atoms with van der Waals surface area (Å²) in [5, 5.41) is 16.1. The van der Waals surface area contributed by atoms with E-state index in [4.69, 9.17) is 10.2 Å². The summed E-state index contributed by atoms with van der Waals surface area (Å²) in [4.78, 5) is 19.5. The molecule has 1 atom stereocenters. The van der Waals surface area contributed by atoms with Crippen molar-refractivity contribution in [2.45, 2.75) is 27.2 Å². The van der Waals surface area contributed by atoms with E-state index in [9.17, 15) is 9.59 Å². The molecular weight excluding hydrogens is 196 g/mol. The van der Waals surface area contributed by atoms with Gasteiger partial charge in [-0.25, -0.2) is 9.59 Å². The molecule has 0 aliphatic rings. The molecular formula is C11H18O4. The van der Waals surface area contributed by atoms with Crippen LogP contribution in [-0.4, -0.2) is 22.2 Å². The summed E-state index contributed by atoms with van der Waals surface area (Å²) in [7, 11) is 0. The highest BCUT2D eigenvalue weighted by molar-refractivity contribution is 5.85. The molecule has 0 aromatic carbocycles. The van der Waals surface area contributed by atoms with Crippen molar-refractivity contribution in [1.29, 1.82) is 0 Å². The summed E-state index contributed by atoms with van der Waals surface area (Å²) in [6.07, 6.45) is 3.60. The molecule has 0 spiro atoms. The Morgan fingerprint density at radius 1 is 1.40 bits per heavy atom. The number of rotatable bonds is 4. The summed E-state index contributed by atoms with van der Waals surface area (Å²) in [5.74, 6) is -1.43.